The zero-order valence-electron chi connectivity index (χ0n) is 16.3. The molecule has 0 saturated carbocycles. The Morgan fingerprint density at radius 2 is 1.72 bits per heavy atom. The number of Topliss-reactive ketones (excluding diaryl/α,β-unsaturated/α-hetero) is 1. The van der Waals surface area contributed by atoms with Crippen molar-refractivity contribution in [3.8, 4) is 11.5 Å². The minimum Gasteiger partial charge on any atom is -0.508 e. The molecule has 3 nitrogen and oxygen atoms in total. The van der Waals surface area contributed by atoms with Crippen LogP contribution in [-0.2, 0) is 17.6 Å². The molecule has 0 radical (unpaired) electrons. The van der Waals surface area contributed by atoms with Crippen molar-refractivity contribution in [2.24, 2.45) is 0 Å². The number of halogens is 2. The van der Waals surface area contributed by atoms with Crippen LogP contribution in [0.3, 0.4) is 0 Å². The highest BCUT2D eigenvalue weighted by atomic mass is 35.5. The maximum atomic E-state index is 13.1. The number of phenols is 1. The van der Waals surface area contributed by atoms with Crippen LogP contribution in [0.4, 0.5) is 4.39 Å². The molecule has 29 heavy (non-hydrogen) atoms. The minimum atomic E-state index is -0.285. The SMILES string of the molecule is CC(=O)COc1cc(C)c(Cc2ccc(O)c(Cc3ccc(F)cc3)c2)c(Cl)c1. The van der Waals surface area contributed by atoms with Gasteiger partial charge in [0.1, 0.15) is 23.9 Å². The maximum Gasteiger partial charge on any atom is 0.167 e. The molecule has 0 bridgehead atoms. The molecule has 150 valence electrons. The Morgan fingerprint density at radius 3 is 2.38 bits per heavy atom. The third-order valence-electron chi connectivity index (χ3n) is 4.67. The maximum absolute atomic E-state index is 13.1. The van der Waals surface area contributed by atoms with Gasteiger partial charge in [-0.05, 0) is 78.4 Å². The molecule has 0 aliphatic carbocycles. The Morgan fingerprint density at radius 1 is 1.03 bits per heavy atom. The van der Waals surface area contributed by atoms with Crippen molar-refractivity contribution in [2.45, 2.75) is 26.7 Å². The zero-order valence-corrected chi connectivity index (χ0v) is 17.1. The van der Waals surface area contributed by atoms with Crippen LogP contribution in [0.15, 0.2) is 54.6 Å². The van der Waals surface area contributed by atoms with E-state index in [9.17, 15) is 14.3 Å². The molecule has 0 atom stereocenters. The molecule has 0 amide bonds. The third-order valence-corrected chi connectivity index (χ3v) is 5.00. The number of phenolic OH excluding ortho intramolecular Hbond substituents is 1. The van der Waals surface area contributed by atoms with Gasteiger partial charge in [0.25, 0.3) is 0 Å². The fourth-order valence-corrected chi connectivity index (χ4v) is 3.47. The molecule has 0 fully saturated rings. The lowest BCUT2D eigenvalue weighted by Crippen LogP contribution is -2.07. The van der Waals surface area contributed by atoms with E-state index in [1.165, 1.54) is 19.1 Å². The predicted molar refractivity (Wildman–Crippen MR) is 112 cm³/mol. The summed E-state index contributed by atoms with van der Waals surface area (Å²) in [5, 5.41) is 10.8. The first-order chi connectivity index (χ1) is 13.8. The van der Waals surface area contributed by atoms with Crippen LogP contribution >= 0.6 is 11.6 Å². The summed E-state index contributed by atoms with van der Waals surface area (Å²) in [5.41, 5.74) is 4.61. The summed E-state index contributed by atoms with van der Waals surface area (Å²) in [4.78, 5) is 11.1. The molecular formula is C24H22ClFO3. The molecule has 0 unspecified atom stereocenters. The molecule has 0 saturated heterocycles. The van der Waals surface area contributed by atoms with Crippen LogP contribution in [0.5, 0.6) is 11.5 Å². The summed E-state index contributed by atoms with van der Waals surface area (Å²) in [5.74, 6) is 0.427. The van der Waals surface area contributed by atoms with E-state index in [2.05, 4.69) is 0 Å². The van der Waals surface area contributed by atoms with Crippen molar-refractivity contribution in [1.29, 1.82) is 0 Å². The monoisotopic (exact) mass is 412 g/mol. The standard InChI is InChI=1S/C24H22ClFO3/c1-15-9-21(29-14-16(2)27)13-23(25)22(15)12-18-5-8-24(28)19(11-18)10-17-3-6-20(26)7-4-17/h3-9,11,13,28H,10,12,14H2,1-2H3. The predicted octanol–water partition coefficient (Wildman–Crippen LogP) is 5.64. The number of benzene rings is 3. The topological polar surface area (TPSA) is 46.5 Å². The lowest BCUT2D eigenvalue weighted by molar-refractivity contribution is -0.118. The van der Waals surface area contributed by atoms with Gasteiger partial charge in [0.15, 0.2) is 5.78 Å². The van der Waals surface area contributed by atoms with Gasteiger partial charge in [0.2, 0.25) is 0 Å². The van der Waals surface area contributed by atoms with Crippen LogP contribution in [0.2, 0.25) is 5.02 Å². The number of carbonyl (C=O) groups is 1. The Labute approximate surface area is 174 Å². The Kier molecular flexibility index (Phi) is 6.55. The van der Waals surface area contributed by atoms with Gasteiger partial charge in [-0.2, -0.15) is 0 Å². The van der Waals surface area contributed by atoms with Crippen molar-refractivity contribution < 1.29 is 19.0 Å². The summed E-state index contributed by atoms with van der Waals surface area (Å²) in [7, 11) is 0. The molecule has 0 aliphatic rings. The molecule has 1 N–H and O–H groups in total. The van der Waals surface area contributed by atoms with E-state index in [-0.39, 0.29) is 24.0 Å². The van der Waals surface area contributed by atoms with Gasteiger partial charge in [-0.1, -0.05) is 35.9 Å². The van der Waals surface area contributed by atoms with Gasteiger partial charge in [-0.25, -0.2) is 4.39 Å². The number of ketones is 1. The highest BCUT2D eigenvalue weighted by molar-refractivity contribution is 6.31. The summed E-state index contributed by atoms with van der Waals surface area (Å²) in [6.07, 6.45) is 1.10. The second-order valence-electron chi connectivity index (χ2n) is 7.13. The van der Waals surface area contributed by atoms with Gasteiger partial charge in [-0.15, -0.1) is 0 Å². The van der Waals surface area contributed by atoms with E-state index < -0.39 is 0 Å². The van der Waals surface area contributed by atoms with Crippen LogP contribution in [0.1, 0.15) is 34.7 Å². The fourth-order valence-electron chi connectivity index (χ4n) is 3.15. The quantitative estimate of drug-likeness (QED) is 0.546. The Hall–Kier alpha value is -2.85. The van der Waals surface area contributed by atoms with E-state index in [0.717, 1.165) is 27.8 Å². The average Bonchev–Trinajstić information content (AvgIpc) is 2.67. The highest BCUT2D eigenvalue weighted by Crippen LogP contribution is 2.30. The van der Waals surface area contributed by atoms with Crippen LogP contribution in [0, 0.1) is 12.7 Å². The van der Waals surface area contributed by atoms with E-state index in [0.29, 0.717) is 23.6 Å². The molecule has 3 aromatic carbocycles. The van der Waals surface area contributed by atoms with Crippen LogP contribution in [-0.4, -0.2) is 17.5 Å². The number of ether oxygens (including phenoxy) is 1. The molecular weight excluding hydrogens is 391 g/mol. The summed E-state index contributed by atoms with van der Waals surface area (Å²) >= 11 is 6.47. The molecule has 3 rings (SSSR count). The van der Waals surface area contributed by atoms with Crippen LogP contribution < -0.4 is 4.74 Å². The van der Waals surface area contributed by atoms with Crippen molar-refractivity contribution in [2.75, 3.05) is 6.61 Å². The van der Waals surface area contributed by atoms with Crippen molar-refractivity contribution in [1.82, 2.24) is 0 Å². The van der Waals surface area contributed by atoms with E-state index in [1.54, 1.807) is 24.3 Å². The number of rotatable bonds is 7. The zero-order chi connectivity index (χ0) is 21.0. The first-order valence-corrected chi connectivity index (χ1v) is 9.66. The Balaban J connectivity index is 1.81. The lowest BCUT2D eigenvalue weighted by atomic mass is 9.96. The van der Waals surface area contributed by atoms with Crippen molar-refractivity contribution in [3.63, 3.8) is 0 Å². The van der Waals surface area contributed by atoms with Gasteiger partial charge in [0.05, 0.1) is 0 Å². The minimum absolute atomic E-state index is 0.0137. The van der Waals surface area contributed by atoms with Gasteiger partial charge in [0, 0.05) is 11.4 Å². The summed E-state index contributed by atoms with van der Waals surface area (Å²) in [6, 6.07) is 15.3. The number of aromatic hydroxyl groups is 1. The smallest absolute Gasteiger partial charge is 0.167 e. The van der Waals surface area contributed by atoms with Crippen molar-refractivity contribution in [3.05, 3.63) is 93.3 Å². The number of hydrogen-bond donors (Lipinski definition) is 1. The number of aryl methyl sites for hydroxylation is 1. The first-order valence-electron chi connectivity index (χ1n) is 9.28. The van der Waals surface area contributed by atoms with E-state index in [4.69, 9.17) is 16.3 Å². The molecule has 0 spiro atoms. The van der Waals surface area contributed by atoms with Crippen LogP contribution in [0.25, 0.3) is 0 Å². The van der Waals surface area contributed by atoms with Gasteiger partial charge < -0.3 is 9.84 Å². The second-order valence-corrected chi connectivity index (χ2v) is 7.54. The second kappa shape index (κ2) is 9.10. The van der Waals surface area contributed by atoms with Crippen molar-refractivity contribution >= 4 is 17.4 Å². The molecule has 0 aromatic heterocycles. The summed E-state index contributed by atoms with van der Waals surface area (Å²) in [6.45, 7) is 3.43. The van der Waals surface area contributed by atoms with Gasteiger partial charge >= 0.3 is 0 Å². The fraction of sp³-hybridized carbons (Fsp3) is 0.208. The largest absolute Gasteiger partial charge is 0.508 e. The highest BCUT2D eigenvalue weighted by Gasteiger charge is 2.11. The first kappa shape index (κ1) is 20.9. The normalized spacial score (nSPS) is 10.8. The third kappa shape index (κ3) is 5.58. The molecule has 0 heterocycles. The number of carbonyl (C=O) groups excluding carboxylic acids is 1. The van der Waals surface area contributed by atoms with Gasteiger partial charge in [-0.3, -0.25) is 4.79 Å². The lowest BCUT2D eigenvalue weighted by Gasteiger charge is -2.13. The van der Waals surface area contributed by atoms with E-state index in [1.807, 2.05) is 25.1 Å². The summed E-state index contributed by atoms with van der Waals surface area (Å²) < 4.78 is 18.6. The van der Waals surface area contributed by atoms with E-state index >= 15 is 0 Å². The number of hydrogen-bond acceptors (Lipinski definition) is 3. The average molecular weight is 413 g/mol. The molecule has 0 aliphatic heterocycles. The molecule has 3 aromatic rings. The Bertz CT molecular complexity index is 1010. The molecule has 5 heteroatoms.